The van der Waals surface area contributed by atoms with Gasteiger partial charge in [0, 0.05) is 18.2 Å². The highest BCUT2D eigenvalue weighted by Gasteiger charge is 2.25. The van der Waals surface area contributed by atoms with E-state index in [4.69, 9.17) is 6.57 Å². The van der Waals surface area contributed by atoms with Crippen molar-refractivity contribution in [1.29, 1.82) is 0 Å². The quantitative estimate of drug-likeness (QED) is 0.683. The van der Waals surface area contributed by atoms with Gasteiger partial charge in [0.2, 0.25) is 5.91 Å². The van der Waals surface area contributed by atoms with Crippen LogP contribution in [-0.4, -0.2) is 11.9 Å². The van der Waals surface area contributed by atoms with E-state index in [-0.39, 0.29) is 17.4 Å². The Hall–Kier alpha value is -1.82. The second-order valence-electron chi connectivity index (χ2n) is 6.77. The minimum Gasteiger partial charge on any atom is -0.311 e. The van der Waals surface area contributed by atoms with E-state index in [1.807, 2.05) is 17.0 Å². The van der Waals surface area contributed by atoms with Gasteiger partial charge in [0.15, 0.2) is 5.69 Å². The third-order valence-electron chi connectivity index (χ3n) is 3.33. The fraction of sp³-hybridized carbons (Fsp3) is 0.556. The zero-order valence-electron chi connectivity index (χ0n) is 13.8. The summed E-state index contributed by atoms with van der Waals surface area (Å²) in [6, 6.07) is 7.48. The predicted octanol–water partition coefficient (Wildman–Crippen LogP) is 5.20. The Bertz CT molecular complexity index is 523. The van der Waals surface area contributed by atoms with Crippen LogP contribution in [0.2, 0.25) is 0 Å². The van der Waals surface area contributed by atoms with Crippen LogP contribution in [0, 0.1) is 12.0 Å². The van der Waals surface area contributed by atoms with Gasteiger partial charge in [0.05, 0.1) is 6.57 Å². The highest BCUT2D eigenvalue weighted by molar-refractivity contribution is 5.94. The van der Waals surface area contributed by atoms with E-state index in [0.717, 1.165) is 18.5 Å². The third-order valence-corrected chi connectivity index (χ3v) is 3.33. The highest BCUT2D eigenvalue weighted by Crippen LogP contribution is 2.28. The van der Waals surface area contributed by atoms with E-state index in [0.29, 0.717) is 12.1 Å². The van der Waals surface area contributed by atoms with Crippen molar-refractivity contribution in [2.75, 3.05) is 4.90 Å². The molecule has 0 radical (unpaired) electrons. The maximum atomic E-state index is 12.7. The van der Waals surface area contributed by atoms with E-state index in [1.165, 1.54) is 0 Å². The Labute approximate surface area is 128 Å². The molecule has 1 atom stereocenters. The van der Waals surface area contributed by atoms with Gasteiger partial charge in [-0.3, -0.25) is 4.79 Å². The Morgan fingerprint density at radius 3 is 2.57 bits per heavy atom. The first kappa shape index (κ1) is 17.2. The molecular formula is C18H26N2O. The summed E-state index contributed by atoms with van der Waals surface area (Å²) in [6.07, 6.45) is 2.49. The number of rotatable bonds is 5. The van der Waals surface area contributed by atoms with Crippen LogP contribution in [0.5, 0.6) is 0 Å². The Morgan fingerprint density at radius 2 is 2.05 bits per heavy atom. The van der Waals surface area contributed by atoms with Gasteiger partial charge >= 0.3 is 0 Å². The summed E-state index contributed by atoms with van der Waals surface area (Å²) in [7, 11) is 0. The monoisotopic (exact) mass is 286 g/mol. The molecule has 1 aromatic carbocycles. The molecule has 0 fully saturated rings. The first-order valence-electron chi connectivity index (χ1n) is 7.58. The van der Waals surface area contributed by atoms with Crippen LogP contribution < -0.4 is 4.90 Å². The fourth-order valence-corrected chi connectivity index (χ4v) is 2.44. The number of nitrogens with zero attached hydrogens (tertiary/aromatic N) is 2. The summed E-state index contributed by atoms with van der Waals surface area (Å²) in [6.45, 7) is 17.6. The third kappa shape index (κ3) is 5.23. The average molecular weight is 286 g/mol. The van der Waals surface area contributed by atoms with E-state index in [1.54, 1.807) is 12.1 Å². The molecule has 0 saturated heterocycles. The molecule has 0 heterocycles. The second kappa shape index (κ2) is 7.26. The van der Waals surface area contributed by atoms with E-state index in [9.17, 15) is 4.79 Å². The molecule has 3 nitrogen and oxygen atoms in total. The molecule has 1 aromatic rings. The Morgan fingerprint density at radius 1 is 1.38 bits per heavy atom. The number of benzene rings is 1. The zero-order valence-corrected chi connectivity index (χ0v) is 13.8. The summed E-state index contributed by atoms with van der Waals surface area (Å²) in [5, 5.41) is 0. The van der Waals surface area contributed by atoms with Crippen molar-refractivity contribution in [2.24, 2.45) is 5.41 Å². The fourth-order valence-electron chi connectivity index (χ4n) is 2.44. The summed E-state index contributed by atoms with van der Waals surface area (Å²) in [5.74, 6) is 0.130. The van der Waals surface area contributed by atoms with Crippen LogP contribution in [0.4, 0.5) is 11.4 Å². The summed E-state index contributed by atoms with van der Waals surface area (Å²) < 4.78 is 0. The number of hydrogen-bond donors (Lipinski definition) is 0. The van der Waals surface area contributed by atoms with Crippen LogP contribution >= 0.6 is 0 Å². The van der Waals surface area contributed by atoms with Crippen LogP contribution in [0.25, 0.3) is 4.85 Å². The lowest BCUT2D eigenvalue weighted by Crippen LogP contribution is -2.40. The summed E-state index contributed by atoms with van der Waals surface area (Å²) in [4.78, 5) is 18.1. The molecule has 1 amide bonds. The molecule has 21 heavy (non-hydrogen) atoms. The van der Waals surface area contributed by atoms with Gasteiger partial charge in [0.1, 0.15) is 0 Å². The van der Waals surface area contributed by atoms with Gasteiger partial charge in [-0.1, -0.05) is 46.2 Å². The molecule has 3 heteroatoms. The Balaban J connectivity index is 3.13. The minimum atomic E-state index is -0.0430. The molecule has 114 valence electrons. The number of carbonyl (C=O) groups excluding carboxylic acids is 1. The van der Waals surface area contributed by atoms with Gasteiger partial charge in [0.25, 0.3) is 0 Å². The largest absolute Gasteiger partial charge is 0.311 e. The molecular weight excluding hydrogens is 260 g/mol. The molecule has 0 aromatic heterocycles. The maximum Gasteiger partial charge on any atom is 0.227 e. The van der Waals surface area contributed by atoms with Gasteiger partial charge in [-0.2, -0.15) is 0 Å². The Kier molecular flexibility index (Phi) is 5.96. The summed E-state index contributed by atoms with van der Waals surface area (Å²) >= 11 is 0. The molecule has 0 aliphatic heterocycles. The minimum absolute atomic E-state index is 0.0430. The lowest BCUT2D eigenvalue weighted by molar-refractivity contribution is -0.120. The maximum absolute atomic E-state index is 12.7. The molecule has 1 unspecified atom stereocenters. The van der Waals surface area contributed by atoms with Crippen molar-refractivity contribution < 1.29 is 4.79 Å². The number of amides is 1. The summed E-state index contributed by atoms with van der Waals surface area (Å²) in [5.41, 5.74) is 1.36. The lowest BCUT2D eigenvalue weighted by atomic mass is 9.91. The van der Waals surface area contributed by atoms with Gasteiger partial charge < -0.3 is 4.90 Å². The zero-order chi connectivity index (χ0) is 16.0. The van der Waals surface area contributed by atoms with Gasteiger partial charge in [-0.15, -0.1) is 0 Å². The van der Waals surface area contributed by atoms with E-state index in [2.05, 4.69) is 39.5 Å². The van der Waals surface area contributed by atoms with E-state index < -0.39 is 0 Å². The van der Waals surface area contributed by atoms with Crippen LogP contribution in [0.15, 0.2) is 24.3 Å². The number of carbonyl (C=O) groups is 1. The van der Waals surface area contributed by atoms with Crippen molar-refractivity contribution in [3.05, 3.63) is 35.7 Å². The molecule has 0 spiro atoms. The first-order valence-corrected chi connectivity index (χ1v) is 7.58. The van der Waals surface area contributed by atoms with Crippen LogP contribution in [0.1, 0.15) is 53.9 Å². The van der Waals surface area contributed by atoms with Gasteiger partial charge in [-0.25, -0.2) is 4.85 Å². The normalized spacial score (nSPS) is 12.6. The van der Waals surface area contributed by atoms with Crippen molar-refractivity contribution in [3.63, 3.8) is 0 Å². The molecule has 1 rings (SSSR count). The smallest absolute Gasteiger partial charge is 0.227 e. The van der Waals surface area contributed by atoms with E-state index >= 15 is 0 Å². The topological polar surface area (TPSA) is 24.7 Å². The molecule has 0 bridgehead atoms. The van der Waals surface area contributed by atoms with Crippen molar-refractivity contribution in [2.45, 2.75) is 59.9 Å². The number of hydrogen-bond acceptors (Lipinski definition) is 1. The lowest BCUT2D eigenvalue weighted by Gasteiger charge is -2.32. The predicted molar refractivity (Wildman–Crippen MR) is 88.6 cm³/mol. The second-order valence-corrected chi connectivity index (χ2v) is 6.77. The SMILES string of the molecule is [C-]#[N+]c1cccc(N(C(=O)CC(C)(C)C)C(C)CCC)c1. The van der Waals surface area contributed by atoms with Crippen molar-refractivity contribution in [3.8, 4) is 0 Å². The average Bonchev–Trinajstić information content (AvgIpc) is 2.37. The standard InChI is InChI=1S/C18H26N2O/c1-7-9-14(2)20(17(21)13-18(3,4)5)16-11-8-10-15(12-16)19-6/h8,10-12,14H,7,9,13H2,1-5H3. The van der Waals surface area contributed by atoms with Crippen LogP contribution in [-0.2, 0) is 4.79 Å². The molecule has 0 N–H and O–H groups in total. The molecule has 0 aliphatic rings. The number of anilines is 1. The van der Waals surface area contributed by atoms with Crippen LogP contribution in [0.3, 0.4) is 0 Å². The first-order chi connectivity index (χ1) is 9.78. The van der Waals surface area contributed by atoms with Gasteiger partial charge in [-0.05, 0) is 30.9 Å². The van der Waals surface area contributed by atoms with Crippen molar-refractivity contribution >= 4 is 17.3 Å². The molecule has 0 aliphatic carbocycles. The molecule has 0 saturated carbocycles. The van der Waals surface area contributed by atoms with Crippen molar-refractivity contribution in [1.82, 2.24) is 0 Å². The highest BCUT2D eigenvalue weighted by atomic mass is 16.2.